The number of rotatable bonds is 10. The Morgan fingerprint density at radius 1 is 0.880 bits per heavy atom. The fourth-order valence-electron chi connectivity index (χ4n) is 6.97. The maximum absolute atomic E-state index is 14.0. The van der Waals surface area contributed by atoms with Gasteiger partial charge in [-0.05, 0) is 53.4 Å². The van der Waals surface area contributed by atoms with E-state index in [4.69, 9.17) is 33.2 Å². The standard InChI is InChI=1S/C38H35NO11/c1-44-27-14-22(15-28(45-2)34(27)46-3)30-23-16-25-26(18-47-37(25)42)33(24(23)17-29-35(30)49-19-48-29)50-38(43)32(40)31(20-10-6-4-7-11-20)39-36(41)21-12-8-5-9-13-21/h4-15,17,25-26,31-33,40H,16,18-19H2,1-3H3,(H,39,41)/t25-,26+,31+,32-,33+/m1/s1. The topological polar surface area (TPSA) is 148 Å². The second kappa shape index (κ2) is 13.6. The van der Waals surface area contributed by atoms with Crippen LogP contribution >= 0.6 is 0 Å². The average Bonchev–Trinajstić information content (AvgIpc) is 3.78. The minimum Gasteiger partial charge on any atom is -0.493 e. The second-order valence-electron chi connectivity index (χ2n) is 12.1. The van der Waals surface area contributed by atoms with E-state index >= 15 is 0 Å². The molecule has 2 heterocycles. The van der Waals surface area contributed by atoms with Crippen molar-refractivity contribution in [2.45, 2.75) is 24.7 Å². The van der Waals surface area contributed by atoms with Crippen LogP contribution in [0.25, 0.3) is 11.1 Å². The third-order valence-electron chi connectivity index (χ3n) is 9.40. The number of ether oxygens (including phenoxy) is 7. The van der Waals surface area contributed by atoms with Gasteiger partial charge in [0.25, 0.3) is 5.91 Å². The van der Waals surface area contributed by atoms with E-state index in [0.717, 1.165) is 0 Å². The lowest BCUT2D eigenvalue weighted by Crippen LogP contribution is -2.43. The molecule has 2 N–H and O–H groups in total. The molecular formula is C38H35NO11. The zero-order valence-corrected chi connectivity index (χ0v) is 27.5. The van der Waals surface area contributed by atoms with Crippen molar-refractivity contribution in [3.63, 3.8) is 0 Å². The van der Waals surface area contributed by atoms with Crippen LogP contribution in [0.3, 0.4) is 0 Å². The average molecular weight is 682 g/mol. The van der Waals surface area contributed by atoms with Gasteiger partial charge in [0.15, 0.2) is 29.1 Å². The number of nitrogens with one attached hydrogen (secondary N) is 1. The molecule has 12 nitrogen and oxygen atoms in total. The highest BCUT2D eigenvalue weighted by Crippen LogP contribution is 2.55. The monoisotopic (exact) mass is 681 g/mol. The van der Waals surface area contributed by atoms with Crippen LogP contribution in [0, 0.1) is 11.8 Å². The molecule has 258 valence electrons. The van der Waals surface area contributed by atoms with E-state index < -0.39 is 47.9 Å². The number of benzene rings is 4. The van der Waals surface area contributed by atoms with Gasteiger partial charge in [-0.3, -0.25) is 9.59 Å². The number of fused-ring (bicyclic) bond motifs is 3. The molecule has 1 aliphatic carbocycles. The lowest BCUT2D eigenvalue weighted by Gasteiger charge is -2.35. The van der Waals surface area contributed by atoms with Crippen molar-refractivity contribution >= 4 is 17.8 Å². The van der Waals surface area contributed by atoms with Crippen molar-refractivity contribution in [3.8, 4) is 39.9 Å². The first kappa shape index (κ1) is 32.8. The maximum atomic E-state index is 14.0. The first-order valence-corrected chi connectivity index (χ1v) is 16.0. The molecule has 7 rings (SSSR count). The maximum Gasteiger partial charge on any atom is 0.338 e. The van der Waals surface area contributed by atoms with Gasteiger partial charge < -0.3 is 43.6 Å². The molecule has 0 aromatic heterocycles. The predicted molar refractivity (Wildman–Crippen MR) is 177 cm³/mol. The lowest BCUT2D eigenvalue weighted by atomic mass is 9.73. The Bertz CT molecular complexity index is 1910. The van der Waals surface area contributed by atoms with Gasteiger partial charge in [0.05, 0.1) is 39.9 Å². The van der Waals surface area contributed by atoms with Gasteiger partial charge in [-0.2, -0.15) is 0 Å². The van der Waals surface area contributed by atoms with Gasteiger partial charge in [-0.15, -0.1) is 0 Å². The van der Waals surface area contributed by atoms with Crippen molar-refractivity contribution in [1.82, 2.24) is 5.32 Å². The number of aliphatic hydroxyl groups is 1. The Balaban J connectivity index is 1.29. The minimum atomic E-state index is -1.81. The number of amides is 1. The van der Waals surface area contributed by atoms with Crippen LogP contribution in [-0.2, 0) is 25.5 Å². The molecule has 0 spiro atoms. The fraction of sp³-hybridized carbons (Fsp3) is 0.289. The van der Waals surface area contributed by atoms with Crippen molar-refractivity contribution < 1.29 is 52.6 Å². The smallest absolute Gasteiger partial charge is 0.338 e. The SMILES string of the molecule is COc1cc(-c2c3c(cc4c2OCO4)[C@H](OC(=O)[C@H](O)[C@@H](NC(=O)c2ccccc2)c2ccccc2)[C@H]2COC(=O)[C@@H]2C3)cc(OC)c1OC. The molecule has 1 fully saturated rings. The van der Waals surface area contributed by atoms with Gasteiger partial charge in [-0.25, -0.2) is 4.79 Å². The lowest BCUT2D eigenvalue weighted by molar-refractivity contribution is -0.165. The predicted octanol–water partition coefficient (Wildman–Crippen LogP) is 4.57. The number of carbonyl (C=O) groups excluding carboxylic acids is 3. The van der Waals surface area contributed by atoms with E-state index in [9.17, 15) is 19.5 Å². The fourth-order valence-corrected chi connectivity index (χ4v) is 6.97. The van der Waals surface area contributed by atoms with E-state index in [-0.39, 0.29) is 19.8 Å². The third kappa shape index (κ3) is 5.81. The van der Waals surface area contributed by atoms with Gasteiger partial charge >= 0.3 is 11.9 Å². The summed E-state index contributed by atoms with van der Waals surface area (Å²) in [6.07, 6.45) is -2.57. The van der Waals surface area contributed by atoms with Crippen LogP contribution in [0.5, 0.6) is 28.7 Å². The van der Waals surface area contributed by atoms with Crippen molar-refractivity contribution in [1.29, 1.82) is 0 Å². The summed E-state index contributed by atoms with van der Waals surface area (Å²) < 4.78 is 40.3. The summed E-state index contributed by atoms with van der Waals surface area (Å²) in [5.41, 5.74) is 3.33. The largest absolute Gasteiger partial charge is 0.493 e. The summed E-state index contributed by atoms with van der Waals surface area (Å²) in [6.45, 7) is -0.0363. The Kier molecular flexibility index (Phi) is 8.94. The molecule has 1 saturated heterocycles. The number of hydrogen-bond donors (Lipinski definition) is 2. The number of methoxy groups -OCH3 is 3. The van der Waals surface area contributed by atoms with E-state index in [0.29, 0.717) is 62.1 Å². The third-order valence-corrected chi connectivity index (χ3v) is 9.40. The molecule has 50 heavy (non-hydrogen) atoms. The Labute approximate surface area is 287 Å². The number of esters is 2. The molecular weight excluding hydrogens is 646 g/mol. The highest BCUT2D eigenvalue weighted by Gasteiger charge is 2.50. The minimum absolute atomic E-state index is 0.0117. The van der Waals surface area contributed by atoms with E-state index in [1.807, 2.05) is 0 Å². The van der Waals surface area contributed by atoms with Crippen LogP contribution in [0.1, 0.15) is 39.2 Å². The molecule has 0 unspecified atom stereocenters. The molecule has 3 aliphatic rings. The Morgan fingerprint density at radius 3 is 2.22 bits per heavy atom. The highest BCUT2D eigenvalue weighted by atomic mass is 16.7. The van der Waals surface area contributed by atoms with E-state index in [1.165, 1.54) is 21.3 Å². The van der Waals surface area contributed by atoms with Crippen LogP contribution in [0.2, 0.25) is 0 Å². The van der Waals surface area contributed by atoms with Crippen LogP contribution in [0.15, 0.2) is 78.9 Å². The highest BCUT2D eigenvalue weighted by molar-refractivity contribution is 5.95. The van der Waals surface area contributed by atoms with Crippen molar-refractivity contribution in [2.24, 2.45) is 11.8 Å². The molecule has 4 aromatic rings. The van der Waals surface area contributed by atoms with Crippen LogP contribution in [0.4, 0.5) is 0 Å². The molecule has 0 radical (unpaired) electrons. The molecule has 1 amide bonds. The quantitative estimate of drug-likeness (QED) is 0.227. The van der Waals surface area contributed by atoms with Crippen molar-refractivity contribution in [2.75, 3.05) is 34.7 Å². The Hall–Kier alpha value is -5.75. The van der Waals surface area contributed by atoms with Gasteiger partial charge in [0.2, 0.25) is 12.5 Å². The van der Waals surface area contributed by atoms with Crippen LogP contribution in [-0.4, -0.2) is 63.8 Å². The number of carbonyl (C=O) groups is 3. The number of aliphatic hydroxyl groups excluding tert-OH is 1. The normalized spacial score (nSPS) is 19.7. The van der Waals surface area contributed by atoms with Crippen molar-refractivity contribution in [3.05, 3.63) is 101 Å². The first-order chi connectivity index (χ1) is 24.3. The van der Waals surface area contributed by atoms with E-state index in [2.05, 4.69) is 5.32 Å². The zero-order chi connectivity index (χ0) is 34.9. The Morgan fingerprint density at radius 2 is 1.56 bits per heavy atom. The molecule has 4 aromatic carbocycles. The first-order valence-electron chi connectivity index (χ1n) is 16.0. The summed E-state index contributed by atoms with van der Waals surface area (Å²) in [4.78, 5) is 40.4. The van der Waals surface area contributed by atoms with E-state index in [1.54, 1.807) is 78.9 Å². The van der Waals surface area contributed by atoms with Gasteiger partial charge in [-0.1, -0.05) is 48.5 Å². The molecule has 2 aliphatic heterocycles. The second-order valence-corrected chi connectivity index (χ2v) is 12.1. The summed E-state index contributed by atoms with van der Waals surface area (Å²) in [5.74, 6) is -1.04. The molecule has 12 heteroatoms. The summed E-state index contributed by atoms with van der Waals surface area (Å²) in [5, 5.41) is 14.4. The van der Waals surface area contributed by atoms with Gasteiger partial charge in [0.1, 0.15) is 6.10 Å². The van der Waals surface area contributed by atoms with Crippen LogP contribution < -0.4 is 29.0 Å². The summed E-state index contributed by atoms with van der Waals surface area (Å²) >= 11 is 0. The number of hydrogen-bond acceptors (Lipinski definition) is 11. The van der Waals surface area contributed by atoms with Gasteiger partial charge in [0, 0.05) is 22.6 Å². The zero-order valence-electron chi connectivity index (χ0n) is 27.5. The molecule has 5 atom stereocenters. The summed E-state index contributed by atoms with van der Waals surface area (Å²) in [7, 11) is 4.53. The molecule has 0 bridgehead atoms. The molecule has 0 saturated carbocycles. The summed E-state index contributed by atoms with van der Waals surface area (Å²) in [6, 6.07) is 21.3. The number of cyclic esters (lactones) is 1.